The van der Waals surface area contributed by atoms with Crippen LogP contribution in [-0.4, -0.2) is 36.2 Å². The van der Waals surface area contributed by atoms with Crippen molar-refractivity contribution < 1.29 is 36.2 Å². The van der Waals surface area contributed by atoms with Gasteiger partial charge in [0.15, 0.2) is 0 Å². The van der Waals surface area contributed by atoms with Gasteiger partial charge >= 0.3 is 0 Å². The highest BCUT2D eigenvalue weighted by molar-refractivity contribution is 7.86. The zero-order valence-electron chi connectivity index (χ0n) is 14.5. The Morgan fingerprint density at radius 3 is 1.93 bits per heavy atom. The molecule has 0 saturated carbocycles. The predicted octanol–water partition coefficient (Wildman–Crippen LogP) is 2.64. The van der Waals surface area contributed by atoms with Gasteiger partial charge in [0, 0.05) is 23.4 Å². The zero-order chi connectivity index (χ0) is 20.9. The highest BCUT2D eigenvalue weighted by Gasteiger charge is 2.22. The summed E-state index contributed by atoms with van der Waals surface area (Å²) in [5, 5.41) is 21.0. The van der Waals surface area contributed by atoms with Gasteiger partial charge in [-0.15, -0.1) is 0 Å². The molecule has 0 aromatic heterocycles. The van der Waals surface area contributed by atoms with E-state index >= 15 is 0 Å². The summed E-state index contributed by atoms with van der Waals surface area (Å²) in [6.07, 6.45) is -0.160. The molecule has 0 spiro atoms. The Bertz CT molecular complexity index is 1310. The van der Waals surface area contributed by atoms with E-state index in [2.05, 4.69) is 0 Å². The van der Waals surface area contributed by atoms with E-state index < -0.39 is 35.8 Å². The number of benzene rings is 3. The highest BCUT2D eigenvalue weighted by Crippen LogP contribution is 2.36. The molecule has 4 N–H and O–H groups in total. The molecule has 3 rings (SSSR count). The maximum absolute atomic E-state index is 11.6. The first-order chi connectivity index (χ1) is 12.9. The number of hydrogen-bond donors (Lipinski definition) is 4. The molecule has 0 bridgehead atoms. The maximum Gasteiger partial charge on any atom is 0.295 e. The van der Waals surface area contributed by atoms with Crippen LogP contribution < -0.4 is 0 Å². The Kier molecular flexibility index (Phi) is 4.84. The van der Waals surface area contributed by atoms with E-state index in [1.807, 2.05) is 0 Å². The Hall–Kier alpha value is -2.66. The maximum atomic E-state index is 11.6. The van der Waals surface area contributed by atoms with Gasteiger partial charge < -0.3 is 10.2 Å². The molecule has 0 radical (unpaired) electrons. The van der Waals surface area contributed by atoms with Crippen molar-refractivity contribution in [2.45, 2.75) is 23.1 Å². The molecular formula is C18H16O8S2. The van der Waals surface area contributed by atoms with Gasteiger partial charge in [-0.2, -0.15) is 16.8 Å². The van der Waals surface area contributed by atoms with Crippen molar-refractivity contribution >= 4 is 31.0 Å². The topological polar surface area (TPSA) is 149 Å². The van der Waals surface area contributed by atoms with Gasteiger partial charge in [0.05, 0.1) is 4.90 Å². The van der Waals surface area contributed by atoms with Gasteiger partial charge in [-0.1, -0.05) is 24.3 Å². The van der Waals surface area contributed by atoms with Crippen LogP contribution in [0.4, 0.5) is 0 Å². The normalized spacial score (nSPS) is 12.4. The standard InChI is InChI=1S/C18H16O8S2/c1-10-6-15(19)11(8-17(10)27(21,22)23)7-14-12-4-2-3-5-13(12)18(9-16(14)20)28(24,25)26/h2-6,8-9,19-20H,7H2,1H3,(H,21,22,23)(H,24,25,26). The molecular weight excluding hydrogens is 408 g/mol. The van der Waals surface area contributed by atoms with Crippen molar-refractivity contribution in [3.8, 4) is 11.5 Å². The molecule has 0 saturated heterocycles. The minimum Gasteiger partial charge on any atom is -0.508 e. The van der Waals surface area contributed by atoms with Crippen molar-refractivity contribution in [2.24, 2.45) is 0 Å². The summed E-state index contributed by atoms with van der Waals surface area (Å²) < 4.78 is 65.1. The second-order valence-electron chi connectivity index (χ2n) is 6.29. The average molecular weight is 424 g/mol. The van der Waals surface area contributed by atoms with Gasteiger partial charge in [0.25, 0.3) is 20.2 Å². The van der Waals surface area contributed by atoms with Gasteiger partial charge in [0.2, 0.25) is 0 Å². The molecule has 10 heteroatoms. The number of hydrogen-bond acceptors (Lipinski definition) is 6. The van der Waals surface area contributed by atoms with Crippen LogP contribution in [0.5, 0.6) is 11.5 Å². The van der Waals surface area contributed by atoms with Crippen LogP contribution in [0.2, 0.25) is 0 Å². The summed E-state index contributed by atoms with van der Waals surface area (Å²) in [5.74, 6) is -0.716. The molecule has 8 nitrogen and oxygen atoms in total. The number of fused-ring (bicyclic) bond motifs is 1. The minimum atomic E-state index is -4.60. The van der Waals surface area contributed by atoms with Crippen LogP contribution in [0.1, 0.15) is 16.7 Å². The summed E-state index contributed by atoms with van der Waals surface area (Å²) >= 11 is 0. The Labute approximate surface area is 161 Å². The van der Waals surface area contributed by atoms with Crippen molar-refractivity contribution in [3.05, 3.63) is 59.2 Å². The van der Waals surface area contributed by atoms with Gasteiger partial charge in [-0.25, -0.2) is 0 Å². The van der Waals surface area contributed by atoms with E-state index in [0.29, 0.717) is 5.39 Å². The third-order valence-corrected chi connectivity index (χ3v) is 6.28. The largest absolute Gasteiger partial charge is 0.508 e. The first kappa shape index (κ1) is 20.1. The third kappa shape index (κ3) is 3.67. The summed E-state index contributed by atoms with van der Waals surface area (Å²) in [6, 6.07) is 9.26. The average Bonchev–Trinajstić information content (AvgIpc) is 2.56. The molecule has 28 heavy (non-hydrogen) atoms. The first-order valence-electron chi connectivity index (χ1n) is 7.90. The van der Waals surface area contributed by atoms with E-state index in [1.54, 1.807) is 12.1 Å². The number of aromatic hydroxyl groups is 2. The molecule has 3 aromatic carbocycles. The van der Waals surface area contributed by atoms with E-state index in [0.717, 1.165) is 12.1 Å². The van der Waals surface area contributed by atoms with Gasteiger partial charge in [-0.3, -0.25) is 9.11 Å². The zero-order valence-corrected chi connectivity index (χ0v) is 16.1. The van der Waals surface area contributed by atoms with E-state index in [4.69, 9.17) is 0 Å². The van der Waals surface area contributed by atoms with Gasteiger partial charge in [0.1, 0.15) is 16.4 Å². The van der Waals surface area contributed by atoms with E-state index in [-0.39, 0.29) is 34.2 Å². The molecule has 0 atom stereocenters. The monoisotopic (exact) mass is 424 g/mol. The Morgan fingerprint density at radius 1 is 0.786 bits per heavy atom. The van der Waals surface area contributed by atoms with Crippen LogP contribution >= 0.6 is 0 Å². The summed E-state index contributed by atoms with van der Waals surface area (Å²) in [6.45, 7) is 1.40. The highest BCUT2D eigenvalue weighted by atomic mass is 32.2. The molecule has 148 valence electrons. The lowest BCUT2D eigenvalue weighted by Gasteiger charge is -2.14. The second kappa shape index (κ2) is 6.74. The summed E-state index contributed by atoms with van der Waals surface area (Å²) in [7, 11) is -9.13. The Balaban J connectivity index is 2.27. The van der Waals surface area contributed by atoms with Crippen LogP contribution in [0.15, 0.2) is 52.3 Å². The molecule has 0 aliphatic heterocycles. The van der Waals surface area contributed by atoms with Crippen LogP contribution in [0, 0.1) is 6.92 Å². The molecule has 0 unspecified atom stereocenters. The number of rotatable bonds is 4. The van der Waals surface area contributed by atoms with Crippen LogP contribution in [0.3, 0.4) is 0 Å². The smallest absolute Gasteiger partial charge is 0.295 e. The number of phenolic OH excluding ortho intramolecular Hbond substituents is 2. The summed E-state index contributed by atoms with van der Waals surface area (Å²) in [4.78, 5) is -0.866. The lowest BCUT2D eigenvalue weighted by Crippen LogP contribution is -2.04. The Morgan fingerprint density at radius 2 is 1.36 bits per heavy atom. The minimum absolute atomic E-state index is 0.0956. The molecule has 3 aromatic rings. The van der Waals surface area contributed by atoms with E-state index in [1.165, 1.54) is 25.1 Å². The quantitative estimate of drug-likeness (QED) is 0.467. The fourth-order valence-electron chi connectivity index (χ4n) is 3.11. The molecule has 0 aliphatic rings. The van der Waals surface area contributed by atoms with Crippen molar-refractivity contribution in [2.75, 3.05) is 0 Å². The molecule has 0 aliphatic carbocycles. The SMILES string of the molecule is Cc1cc(O)c(Cc2c(O)cc(S(=O)(=O)O)c3ccccc23)cc1S(=O)(=O)O. The fourth-order valence-corrected chi connectivity index (χ4v) is 4.59. The predicted molar refractivity (Wildman–Crippen MR) is 101 cm³/mol. The lowest BCUT2D eigenvalue weighted by atomic mass is 9.96. The third-order valence-electron chi connectivity index (χ3n) is 4.39. The lowest BCUT2D eigenvalue weighted by molar-refractivity contribution is 0.458. The fraction of sp³-hybridized carbons (Fsp3) is 0.111. The molecule has 0 fully saturated rings. The summed E-state index contributed by atoms with van der Waals surface area (Å²) in [5.41, 5.74) is 0.446. The van der Waals surface area contributed by atoms with E-state index in [9.17, 15) is 36.2 Å². The second-order valence-corrected chi connectivity index (χ2v) is 9.07. The first-order valence-corrected chi connectivity index (χ1v) is 10.8. The van der Waals surface area contributed by atoms with Crippen molar-refractivity contribution in [1.29, 1.82) is 0 Å². The van der Waals surface area contributed by atoms with Crippen molar-refractivity contribution in [3.63, 3.8) is 0 Å². The number of phenols is 2. The van der Waals surface area contributed by atoms with Crippen LogP contribution in [-0.2, 0) is 26.7 Å². The van der Waals surface area contributed by atoms with Crippen LogP contribution in [0.25, 0.3) is 10.8 Å². The van der Waals surface area contributed by atoms with Crippen molar-refractivity contribution in [1.82, 2.24) is 0 Å². The van der Waals surface area contributed by atoms with Gasteiger partial charge in [-0.05, 0) is 35.6 Å². The molecule has 0 amide bonds. The number of aryl methyl sites for hydroxylation is 1. The molecule has 0 heterocycles.